The molecule has 25 heavy (non-hydrogen) atoms. The van der Waals surface area contributed by atoms with Gasteiger partial charge in [-0.1, -0.05) is 30.3 Å². The van der Waals surface area contributed by atoms with Gasteiger partial charge in [-0.2, -0.15) is 0 Å². The highest BCUT2D eigenvalue weighted by molar-refractivity contribution is 6.29. The maximum atomic E-state index is 12.0. The van der Waals surface area contributed by atoms with Crippen LogP contribution in [0.2, 0.25) is 0 Å². The number of rotatable bonds is 3. The summed E-state index contributed by atoms with van der Waals surface area (Å²) in [6.45, 7) is 2.88. The third kappa shape index (κ3) is 2.83. The van der Waals surface area contributed by atoms with Gasteiger partial charge in [0.15, 0.2) is 0 Å². The summed E-state index contributed by atoms with van der Waals surface area (Å²) in [6.07, 6.45) is 0.832. The van der Waals surface area contributed by atoms with Crippen molar-refractivity contribution in [1.29, 1.82) is 0 Å². The lowest BCUT2D eigenvalue weighted by Crippen LogP contribution is -2.15. The minimum Gasteiger partial charge on any atom is -0.326 e. The Hall–Kier alpha value is -2.59. The first-order valence-corrected chi connectivity index (χ1v) is 8.82. The fourth-order valence-electron chi connectivity index (χ4n) is 3.37. The van der Waals surface area contributed by atoms with E-state index in [1.54, 1.807) is 0 Å². The van der Waals surface area contributed by atoms with Crippen molar-refractivity contribution in [3.63, 3.8) is 0 Å². The molecule has 0 spiro atoms. The Kier molecular flexibility index (Phi) is 4.06. The lowest BCUT2D eigenvalue weighted by atomic mass is 10.1. The highest BCUT2D eigenvalue weighted by Crippen LogP contribution is 2.40. The predicted octanol–water partition coefficient (Wildman–Crippen LogP) is 4.41. The summed E-state index contributed by atoms with van der Waals surface area (Å²) in [5, 5.41) is 3.95. The van der Waals surface area contributed by atoms with Crippen LogP contribution in [0.15, 0.2) is 48.5 Å². The molecule has 5 heteroatoms. The first-order valence-electron chi connectivity index (χ1n) is 8.29. The number of anilines is 3. The summed E-state index contributed by atoms with van der Waals surface area (Å²) in [6, 6.07) is 16.3. The predicted molar refractivity (Wildman–Crippen MR) is 103 cm³/mol. The number of nitrogens with zero attached hydrogens (tertiary/aromatic N) is 2. The smallest absolute Gasteiger partial charge is 0.239 e. The third-order valence-electron chi connectivity index (χ3n) is 4.52. The summed E-state index contributed by atoms with van der Waals surface area (Å²) in [5.74, 6) is 0.650. The van der Waals surface area contributed by atoms with Gasteiger partial charge in [-0.3, -0.25) is 4.79 Å². The molecule has 4 rings (SSSR count). The average molecular weight is 352 g/mol. The second-order valence-electron chi connectivity index (χ2n) is 6.23. The Morgan fingerprint density at radius 3 is 2.80 bits per heavy atom. The number of benzene rings is 2. The minimum absolute atomic E-state index is 0.0626. The summed E-state index contributed by atoms with van der Waals surface area (Å²) in [5.41, 5.74) is 5.03. The quantitative estimate of drug-likeness (QED) is 0.711. The molecule has 0 atom stereocenters. The number of hydrogen-bond acceptors (Lipinski definition) is 3. The molecule has 1 aromatic heterocycles. The molecule has 0 bridgehead atoms. The number of aryl methyl sites for hydroxylation is 1. The number of hydrogen-bond donors (Lipinski definition) is 1. The number of aromatic nitrogens is 1. The van der Waals surface area contributed by atoms with Crippen LogP contribution in [0.1, 0.15) is 11.1 Å². The highest BCUT2D eigenvalue weighted by Gasteiger charge is 2.27. The zero-order chi connectivity index (χ0) is 17.4. The van der Waals surface area contributed by atoms with E-state index < -0.39 is 0 Å². The Morgan fingerprint density at radius 2 is 2.04 bits per heavy atom. The molecule has 0 radical (unpaired) electrons. The van der Waals surface area contributed by atoms with Crippen LogP contribution in [0.3, 0.4) is 0 Å². The number of para-hydroxylation sites is 1. The van der Waals surface area contributed by atoms with E-state index in [9.17, 15) is 4.79 Å². The maximum Gasteiger partial charge on any atom is 0.239 e. The van der Waals surface area contributed by atoms with Gasteiger partial charge in [-0.05, 0) is 37.1 Å². The zero-order valence-corrected chi connectivity index (χ0v) is 14.7. The average Bonchev–Trinajstić information content (AvgIpc) is 3.05. The maximum absolute atomic E-state index is 12.0. The van der Waals surface area contributed by atoms with Crippen LogP contribution in [0.5, 0.6) is 0 Å². The van der Waals surface area contributed by atoms with Crippen molar-refractivity contribution in [3.8, 4) is 0 Å². The molecule has 1 N–H and O–H groups in total. The summed E-state index contributed by atoms with van der Waals surface area (Å²) in [4.78, 5) is 19.1. The van der Waals surface area contributed by atoms with Gasteiger partial charge in [0.2, 0.25) is 5.91 Å². The van der Waals surface area contributed by atoms with Crippen LogP contribution in [0, 0.1) is 6.92 Å². The highest BCUT2D eigenvalue weighted by atomic mass is 35.5. The Morgan fingerprint density at radius 1 is 1.24 bits per heavy atom. The molecule has 0 saturated carbocycles. The Labute approximate surface area is 151 Å². The molecule has 1 aliphatic heterocycles. The molecular formula is C20H18ClN3O. The van der Waals surface area contributed by atoms with E-state index in [2.05, 4.69) is 22.3 Å². The number of amides is 1. The molecular weight excluding hydrogens is 334 g/mol. The first-order chi connectivity index (χ1) is 12.2. The molecule has 0 unspecified atom stereocenters. The number of fused-ring (bicyclic) bond motifs is 2. The number of carbonyl (C=O) groups excluding carboxylic acids is 1. The Balaban J connectivity index is 1.92. The van der Waals surface area contributed by atoms with Crippen LogP contribution in [-0.4, -0.2) is 23.3 Å². The van der Waals surface area contributed by atoms with E-state index >= 15 is 0 Å². The van der Waals surface area contributed by atoms with E-state index in [0.717, 1.165) is 52.2 Å². The number of alkyl halides is 1. The van der Waals surface area contributed by atoms with Gasteiger partial charge in [-0.25, -0.2) is 4.98 Å². The SMILES string of the molecule is Cc1ccc2c(NC(=O)CCl)c3c(nc2c1)N(c1ccccc1)CC3. The lowest BCUT2D eigenvalue weighted by Gasteiger charge is -2.20. The van der Waals surface area contributed by atoms with E-state index in [0.29, 0.717) is 0 Å². The van der Waals surface area contributed by atoms with E-state index in [-0.39, 0.29) is 11.8 Å². The topological polar surface area (TPSA) is 45.2 Å². The number of carbonyl (C=O) groups is 1. The summed E-state index contributed by atoms with van der Waals surface area (Å²) >= 11 is 5.72. The fourth-order valence-corrected chi connectivity index (χ4v) is 3.43. The summed E-state index contributed by atoms with van der Waals surface area (Å²) in [7, 11) is 0. The van der Waals surface area contributed by atoms with Crippen molar-refractivity contribution < 1.29 is 4.79 Å². The van der Waals surface area contributed by atoms with Crippen LogP contribution in [-0.2, 0) is 11.2 Å². The third-order valence-corrected chi connectivity index (χ3v) is 4.76. The van der Waals surface area contributed by atoms with Gasteiger partial charge >= 0.3 is 0 Å². The molecule has 2 heterocycles. The van der Waals surface area contributed by atoms with Crippen molar-refractivity contribution in [2.24, 2.45) is 0 Å². The van der Waals surface area contributed by atoms with Gasteiger partial charge in [0.25, 0.3) is 0 Å². The van der Waals surface area contributed by atoms with Gasteiger partial charge < -0.3 is 10.2 Å². The van der Waals surface area contributed by atoms with Crippen LogP contribution >= 0.6 is 11.6 Å². The van der Waals surface area contributed by atoms with Crippen molar-refractivity contribution >= 4 is 45.6 Å². The van der Waals surface area contributed by atoms with Gasteiger partial charge in [-0.15, -0.1) is 11.6 Å². The van der Waals surface area contributed by atoms with Crippen LogP contribution < -0.4 is 10.2 Å². The standard InChI is InChI=1S/C20H18ClN3O/c1-13-7-8-15-17(11-13)22-20-16(19(15)23-18(25)12-21)9-10-24(20)14-5-3-2-4-6-14/h2-8,11H,9-10,12H2,1H3,(H,22,23,25). The molecule has 1 amide bonds. The fraction of sp³-hybridized carbons (Fsp3) is 0.200. The zero-order valence-electron chi connectivity index (χ0n) is 13.9. The normalized spacial score (nSPS) is 13.1. The lowest BCUT2D eigenvalue weighted by molar-refractivity contribution is -0.113. The molecule has 4 nitrogen and oxygen atoms in total. The van der Waals surface area contributed by atoms with Crippen LogP contribution in [0.4, 0.5) is 17.2 Å². The second kappa shape index (κ2) is 6.37. The number of nitrogens with one attached hydrogen (secondary N) is 1. The van der Waals surface area contributed by atoms with E-state index in [1.807, 2.05) is 43.3 Å². The van der Waals surface area contributed by atoms with Crippen molar-refractivity contribution in [2.45, 2.75) is 13.3 Å². The minimum atomic E-state index is -0.199. The van der Waals surface area contributed by atoms with Gasteiger partial charge in [0, 0.05) is 23.2 Å². The van der Waals surface area contributed by atoms with Gasteiger partial charge in [0.1, 0.15) is 11.7 Å². The largest absolute Gasteiger partial charge is 0.326 e. The molecule has 1 aliphatic rings. The van der Waals surface area contributed by atoms with Gasteiger partial charge in [0.05, 0.1) is 11.2 Å². The Bertz CT molecular complexity index is 956. The van der Waals surface area contributed by atoms with E-state index in [1.165, 1.54) is 0 Å². The number of pyridine rings is 1. The van der Waals surface area contributed by atoms with Crippen molar-refractivity contribution in [2.75, 3.05) is 22.6 Å². The summed E-state index contributed by atoms with van der Waals surface area (Å²) < 4.78 is 0. The molecule has 0 saturated heterocycles. The molecule has 0 aliphatic carbocycles. The van der Waals surface area contributed by atoms with E-state index in [4.69, 9.17) is 16.6 Å². The molecule has 126 valence electrons. The van der Waals surface area contributed by atoms with Crippen LogP contribution in [0.25, 0.3) is 10.9 Å². The second-order valence-corrected chi connectivity index (χ2v) is 6.50. The molecule has 3 aromatic rings. The van der Waals surface area contributed by atoms with Crippen molar-refractivity contribution in [3.05, 3.63) is 59.7 Å². The van der Waals surface area contributed by atoms with Crippen molar-refractivity contribution in [1.82, 2.24) is 4.98 Å². The molecule has 2 aromatic carbocycles. The monoisotopic (exact) mass is 351 g/mol. The molecule has 0 fully saturated rings. The number of halogens is 1. The first kappa shape index (κ1) is 15.9.